The number of hydrogen-bond donors (Lipinski definition) is 1. The topological polar surface area (TPSA) is 25.6 Å². The van der Waals surface area contributed by atoms with E-state index in [9.17, 15) is 0 Å². The van der Waals surface area contributed by atoms with Crippen LogP contribution < -0.4 is 0 Å². The monoisotopic (exact) mass is 761 g/mol. The summed E-state index contributed by atoms with van der Waals surface area (Å²) in [7, 11) is 0. The Morgan fingerprint density at radius 2 is 0.763 bits per heavy atom. The van der Waals surface area contributed by atoms with Crippen LogP contribution in [0, 0.1) is 0 Å². The van der Waals surface area contributed by atoms with Gasteiger partial charge in [0.05, 0.1) is 22.1 Å². The Balaban J connectivity index is 1.01. The van der Waals surface area contributed by atoms with Gasteiger partial charge in [-0.3, -0.25) is 0 Å². The van der Waals surface area contributed by atoms with Crippen molar-refractivity contribution in [2.45, 2.75) is 52.4 Å². The Morgan fingerprint density at radius 3 is 1.20 bits per heavy atom. The fraction of sp³-hybridized carbons (Fsp3) is 0.143. The summed E-state index contributed by atoms with van der Waals surface area (Å²) in [5.41, 5.74) is 17.3. The van der Waals surface area contributed by atoms with Gasteiger partial charge in [0.15, 0.2) is 0 Å². The first-order valence-corrected chi connectivity index (χ1v) is 21.3. The summed E-state index contributed by atoms with van der Waals surface area (Å²) in [4.78, 5) is 3.71. The van der Waals surface area contributed by atoms with Crippen LogP contribution in [0.2, 0.25) is 0 Å². The molecule has 3 heteroatoms. The van der Waals surface area contributed by atoms with Gasteiger partial charge in [-0.2, -0.15) is 0 Å². The van der Waals surface area contributed by atoms with Gasteiger partial charge in [-0.1, -0.05) is 113 Å². The third kappa shape index (κ3) is 5.71. The third-order valence-corrected chi connectivity index (χ3v) is 13.2. The minimum Gasteiger partial charge on any atom is -0.355 e. The number of rotatable bonds is 8. The number of aromatic amines is 1. The molecule has 2 atom stereocenters. The number of nitrogens with one attached hydrogen (secondary N) is 1. The van der Waals surface area contributed by atoms with E-state index in [0.717, 1.165) is 23.9 Å². The van der Waals surface area contributed by atoms with Crippen molar-refractivity contribution < 1.29 is 0 Å². The maximum atomic E-state index is 3.71. The molecule has 0 spiro atoms. The van der Waals surface area contributed by atoms with Crippen molar-refractivity contribution >= 4 is 65.4 Å². The molecule has 2 unspecified atom stereocenters. The average molecular weight is 762 g/mol. The van der Waals surface area contributed by atoms with Gasteiger partial charge in [0.1, 0.15) is 0 Å². The molecule has 8 aromatic carbocycles. The number of nitrogens with zero attached hydrogens (tertiary/aromatic N) is 2. The molecule has 0 saturated heterocycles. The van der Waals surface area contributed by atoms with Gasteiger partial charge < -0.3 is 14.1 Å². The van der Waals surface area contributed by atoms with E-state index in [-0.39, 0.29) is 0 Å². The van der Waals surface area contributed by atoms with Crippen molar-refractivity contribution in [1.82, 2.24) is 14.1 Å². The zero-order chi connectivity index (χ0) is 39.8. The van der Waals surface area contributed by atoms with Crippen LogP contribution in [-0.4, -0.2) is 14.1 Å². The molecule has 3 aromatic heterocycles. The Hall–Kier alpha value is -6.84. The van der Waals surface area contributed by atoms with Gasteiger partial charge in [0, 0.05) is 54.7 Å². The Bertz CT molecular complexity index is 3180. The van der Waals surface area contributed by atoms with Gasteiger partial charge in [0.2, 0.25) is 0 Å². The molecule has 0 aliphatic heterocycles. The molecule has 0 aliphatic carbocycles. The lowest BCUT2D eigenvalue weighted by molar-refractivity contribution is 0.733. The quantitative estimate of drug-likeness (QED) is 0.160. The summed E-state index contributed by atoms with van der Waals surface area (Å²) in [6, 6.07) is 63.6. The van der Waals surface area contributed by atoms with Crippen LogP contribution in [-0.2, 0) is 0 Å². The first-order chi connectivity index (χ1) is 29.0. The number of H-pyrrole nitrogens is 1. The maximum absolute atomic E-state index is 3.71. The highest BCUT2D eigenvalue weighted by atomic mass is 15.0. The van der Waals surface area contributed by atoms with Crippen LogP contribution in [0.3, 0.4) is 0 Å². The molecule has 11 rings (SSSR count). The van der Waals surface area contributed by atoms with Crippen LogP contribution in [0.4, 0.5) is 0 Å². The first-order valence-electron chi connectivity index (χ1n) is 21.3. The van der Waals surface area contributed by atoms with Crippen molar-refractivity contribution in [2.75, 3.05) is 0 Å². The lowest BCUT2D eigenvalue weighted by Gasteiger charge is -2.13. The van der Waals surface area contributed by atoms with Gasteiger partial charge >= 0.3 is 0 Å². The highest BCUT2D eigenvalue weighted by Gasteiger charge is 2.17. The van der Waals surface area contributed by atoms with Crippen molar-refractivity contribution in [1.29, 1.82) is 0 Å². The summed E-state index contributed by atoms with van der Waals surface area (Å²) in [6.45, 7) is 9.16. The van der Waals surface area contributed by atoms with Gasteiger partial charge in [0.25, 0.3) is 0 Å². The second kappa shape index (κ2) is 13.9. The molecule has 3 nitrogen and oxygen atoms in total. The molecule has 11 aromatic rings. The molecule has 3 heterocycles. The van der Waals surface area contributed by atoms with Crippen LogP contribution in [0.5, 0.6) is 0 Å². The molecular formula is C56H47N3. The van der Waals surface area contributed by atoms with Crippen LogP contribution in [0.15, 0.2) is 170 Å². The summed E-state index contributed by atoms with van der Waals surface area (Å²) in [5.74, 6) is 1.04. The molecule has 1 N–H and O–H groups in total. The van der Waals surface area contributed by atoms with E-state index in [1.807, 2.05) is 0 Å². The van der Waals surface area contributed by atoms with E-state index in [1.165, 1.54) is 99.1 Å². The Labute approximate surface area is 345 Å². The van der Waals surface area contributed by atoms with Gasteiger partial charge in [-0.15, -0.1) is 0 Å². The fourth-order valence-corrected chi connectivity index (χ4v) is 9.53. The molecule has 0 bridgehead atoms. The largest absolute Gasteiger partial charge is 0.355 e. The molecule has 59 heavy (non-hydrogen) atoms. The first kappa shape index (κ1) is 35.3. The average Bonchev–Trinajstić information content (AvgIpc) is 3.95. The highest BCUT2D eigenvalue weighted by Crippen LogP contribution is 2.40. The molecule has 0 amide bonds. The molecule has 0 fully saturated rings. The third-order valence-electron chi connectivity index (χ3n) is 13.2. The number of benzene rings is 8. The standard InChI is InChI=1S/C56H47N3/c1-5-35(3)37-13-11-15-43(29-37)58-53-19-9-7-17-45(53)49-33-41(23-27-55(49)58)39-21-25-51-47(31-39)48-32-40(22-26-52(48)57-51)42-24-28-56-50(34-42)46-18-8-10-20-54(46)59(56)44-16-12-14-38(30-44)36(4)6-2/h7-36,57H,5-6H2,1-4H3. The predicted octanol–water partition coefficient (Wildman–Crippen LogP) is 15.9. The van der Waals surface area contributed by atoms with E-state index in [1.54, 1.807) is 0 Å². The van der Waals surface area contributed by atoms with Crippen molar-refractivity contribution in [3.63, 3.8) is 0 Å². The Kier molecular flexibility index (Phi) is 8.34. The zero-order valence-electron chi connectivity index (χ0n) is 34.1. The summed E-state index contributed by atoms with van der Waals surface area (Å²) >= 11 is 0. The van der Waals surface area contributed by atoms with E-state index < -0.39 is 0 Å². The molecule has 0 radical (unpaired) electrons. The van der Waals surface area contributed by atoms with Gasteiger partial charge in [-0.25, -0.2) is 0 Å². The zero-order valence-corrected chi connectivity index (χ0v) is 34.1. The maximum Gasteiger partial charge on any atom is 0.0541 e. The van der Waals surface area contributed by atoms with Crippen LogP contribution in [0.25, 0.3) is 99.0 Å². The minimum atomic E-state index is 0.519. The van der Waals surface area contributed by atoms with Gasteiger partial charge in [-0.05, 0) is 143 Å². The summed E-state index contributed by atoms with van der Waals surface area (Å²) in [5, 5.41) is 7.57. The van der Waals surface area contributed by atoms with E-state index in [4.69, 9.17) is 0 Å². The molecule has 286 valence electrons. The second-order valence-corrected chi connectivity index (χ2v) is 16.6. The van der Waals surface area contributed by atoms with E-state index in [2.05, 4.69) is 212 Å². The fourth-order valence-electron chi connectivity index (χ4n) is 9.53. The van der Waals surface area contributed by atoms with E-state index >= 15 is 0 Å². The highest BCUT2D eigenvalue weighted by molar-refractivity contribution is 6.13. The van der Waals surface area contributed by atoms with Crippen LogP contribution in [0.1, 0.15) is 63.5 Å². The summed E-state index contributed by atoms with van der Waals surface area (Å²) in [6.07, 6.45) is 2.25. The van der Waals surface area contributed by atoms with Crippen molar-refractivity contribution in [3.05, 3.63) is 181 Å². The number of aromatic nitrogens is 3. The summed E-state index contributed by atoms with van der Waals surface area (Å²) < 4.78 is 4.87. The smallest absolute Gasteiger partial charge is 0.0541 e. The molecular weight excluding hydrogens is 715 g/mol. The molecule has 0 aliphatic rings. The van der Waals surface area contributed by atoms with Crippen LogP contribution >= 0.6 is 0 Å². The van der Waals surface area contributed by atoms with Crippen molar-refractivity contribution in [2.24, 2.45) is 0 Å². The van der Waals surface area contributed by atoms with Crippen molar-refractivity contribution in [3.8, 4) is 33.6 Å². The number of fused-ring (bicyclic) bond motifs is 9. The number of para-hydroxylation sites is 2. The Morgan fingerprint density at radius 1 is 0.373 bits per heavy atom. The molecule has 0 saturated carbocycles. The minimum absolute atomic E-state index is 0.519. The van der Waals surface area contributed by atoms with E-state index in [0.29, 0.717) is 11.8 Å². The predicted molar refractivity (Wildman–Crippen MR) is 253 cm³/mol. The number of hydrogen-bond acceptors (Lipinski definition) is 0. The SMILES string of the molecule is CCC(C)c1cccc(-n2c3ccccc3c3cc(-c4ccc5[nH]c6ccc(-c7ccc8c(c7)c7ccccc7n8-c7cccc(C(C)CC)c7)cc6c5c4)ccc32)c1. The normalized spacial score (nSPS) is 13.1. The lowest BCUT2D eigenvalue weighted by atomic mass is 9.98. The second-order valence-electron chi connectivity index (χ2n) is 16.6. The lowest BCUT2D eigenvalue weighted by Crippen LogP contribution is -1.97.